The highest BCUT2D eigenvalue weighted by molar-refractivity contribution is 5.68. The molecule has 0 radical (unpaired) electrons. The number of carbonyl (C=O) groups excluding carboxylic acids is 1. The Bertz CT molecular complexity index is 520. The predicted molar refractivity (Wildman–Crippen MR) is 90.7 cm³/mol. The minimum Gasteiger partial charge on any atom is -0.445 e. The van der Waals surface area contributed by atoms with Crippen molar-refractivity contribution >= 4 is 6.09 Å². The summed E-state index contributed by atoms with van der Waals surface area (Å²) in [5.74, 6) is 0. The van der Waals surface area contributed by atoms with E-state index in [1.807, 2.05) is 30.3 Å². The van der Waals surface area contributed by atoms with Crippen LogP contribution in [0, 0.1) is 0 Å². The highest BCUT2D eigenvalue weighted by Crippen LogP contribution is 2.25. The summed E-state index contributed by atoms with van der Waals surface area (Å²) in [7, 11) is 0. The van der Waals surface area contributed by atoms with Crippen LogP contribution in [0.3, 0.4) is 0 Å². The summed E-state index contributed by atoms with van der Waals surface area (Å²) in [5, 5.41) is 38.3. The molecule has 1 saturated carbocycles. The second kappa shape index (κ2) is 9.72. The summed E-state index contributed by atoms with van der Waals surface area (Å²) < 4.78 is 5.35. The molecular weight excluding hydrogens is 326 g/mol. The van der Waals surface area contributed by atoms with Gasteiger partial charge in [0, 0.05) is 6.04 Å². The molecule has 1 aliphatic carbocycles. The Morgan fingerprint density at radius 3 is 2.36 bits per heavy atom. The fraction of sp³-hybridized carbons (Fsp3) is 0.611. The quantitative estimate of drug-likeness (QED) is 0.546. The van der Waals surface area contributed by atoms with Crippen LogP contribution in [0.4, 0.5) is 4.79 Å². The topological polar surface area (TPSA) is 110 Å². The van der Waals surface area contributed by atoms with Crippen LogP contribution in [0.15, 0.2) is 30.3 Å². The minimum absolute atomic E-state index is 0.0589. The van der Waals surface area contributed by atoms with Crippen molar-refractivity contribution in [2.75, 3.05) is 13.2 Å². The van der Waals surface area contributed by atoms with E-state index in [0.29, 0.717) is 0 Å². The number of hydrogen-bond donors (Lipinski definition) is 4. The molecule has 3 atom stereocenters. The van der Waals surface area contributed by atoms with Crippen LogP contribution in [0.1, 0.15) is 31.2 Å². The zero-order valence-electron chi connectivity index (χ0n) is 14.2. The number of aliphatic hydroxyl groups excluding tert-OH is 4. The summed E-state index contributed by atoms with van der Waals surface area (Å²) in [6.07, 6.45) is -1.31. The fourth-order valence-corrected chi connectivity index (χ4v) is 3.06. The smallest absolute Gasteiger partial charge is 0.410 e. The number of ether oxygens (including phenoxy) is 1. The van der Waals surface area contributed by atoms with Gasteiger partial charge < -0.3 is 30.1 Å². The summed E-state index contributed by atoms with van der Waals surface area (Å²) in [4.78, 5) is 13.9. The van der Waals surface area contributed by atoms with Gasteiger partial charge in [-0.15, -0.1) is 0 Å². The molecule has 1 aromatic rings. The first-order valence-corrected chi connectivity index (χ1v) is 8.65. The Hall–Kier alpha value is -1.67. The first-order valence-electron chi connectivity index (χ1n) is 8.65. The Labute approximate surface area is 147 Å². The normalized spacial score (nSPS) is 18.6. The van der Waals surface area contributed by atoms with Crippen LogP contribution in [0.25, 0.3) is 0 Å². The van der Waals surface area contributed by atoms with Gasteiger partial charge in [0.2, 0.25) is 0 Å². The monoisotopic (exact) mass is 353 g/mol. The van der Waals surface area contributed by atoms with Crippen molar-refractivity contribution in [1.29, 1.82) is 0 Å². The predicted octanol–water partition coefficient (Wildman–Crippen LogP) is 0.643. The van der Waals surface area contributed by atoms with E-state index in [2.05, 4.69) is 0 Å². The van der Waals surface area contributed by atoms with Crippen LogP contribution in [0.5, 0.6) is 0 Å². The summed E-state index contributed by atoms with van der Waals surface area (Å²) in [5.41, 5.74) is 0.860. The number of nitrogens with zero attached hydrogens (tertiary/aromatic N) is 1. The molecular formula is C18H27NO6. The van der Waals surface area contributed by atoms with E-state index in [4.69, 9.17) is 9.84 Å². The maximum Gasteiger partial charge on any atom is 0.410 e. The maximum atomic E-state index is 12.5. The highest BCUT2D eigenvalue weighted by atomic mass is 16.6. The van der Waals surface area contributed by atoms with Crippen molar-refractivity contribution in [2.45, 2.75) is 56.6 Å². The number of hydrogen-bond acceptors (Lipinski definition) is 6. The number of amides is 1. The third-order valence-electron chi connectivity index (χ3n) is 4.56. The summed E-state index contributed by atoms with van der Waals surface area (Å²) in [6.45, 7) is -0.697. The average Bonchev–Trinajstić information content (AvgIpc) is 3.17. The second-order valence-corrected chi connectivity index (χ2v) is 6.44. The number of carbonyl (C=O) groups is 1. The molecule has 140 valence electrons. The van der Waals surface area contributed by atoms with Gasteiger partial charge in [-0.2, -0.15) is 0 Å². The maximum absolute atomic E-state index is 12.5. The summed E-state index contributed by atoms with van der Waals surface area (Å²) in [6, 6.07) is 9.23. The molecule has 25 heavy (non-hydrogen) atoms. The molecule has 7 heteroatoms. The van der Waals surface area contributed by atoms with Crippen LogP contribution in [-0.2, 0) is 11.3 Å². The van der Waals surface area contributed by atoms with E-state index in [1.165, 1.54) is 4.90 Å². The molecule has 7 nitrogen and oxygen atoms in total. The van der Waals surface area contributed by atoms with E-state index in [1.54, 1.807) is 0 Å². The zero-order chi connectivity index (χ0) is 18.2. The largest absolute Gasteiger partial charge is 0.445 e. The molecule has 4 N–H and O–H groups in total. The fourth-order valence-electron chi connectivity index (χ4n) is 3.06. The number of benzene rings is 1. The molecule has 0 bridgehead atoms. The molecule has 3 unspecified atom stereocenters. The van der Waals surface area contributed by atoms with Crippen molar-refractivity contribution in [3.8, 4) is 0 Å². The molecule has 2 rings (SSSR count). The van der Waals surface area contributed by atoms with Crippen LogP contribution in [-0.4, -0.2) is 68.9 Å². The van der Waals surface area contributed by atoms with Gasteiger partial charge in [-0.1, -0.05) is 43.2 Å². The lowest BCUT2D eigenvalue weighted by Crippen LogP contribution is -2.50. The van der Waals surface area contributed by atoms with Crippen LogP contribution >= 0.6 is 0 Å². The molecule has 1 fully saturated rings. The molecule has 0 aromatic heterocycles. The standard InChI is InChI=1S/C18H27NO6/c20-11-16(22)17(23)15(21)10-19(14-8-4-5-9-14)18(24)25-12-13-6-2-1-3-7-13/h1-3,6-7,14-17,20-23H,4-5,8-12H2. The lowest BCUT2D eigenvalue weighted by atomic mass is 10.1. The third kappa shape index (κ3) is 5.67. The third-order valence-corrected chi connectivity index (χ3v) is 4.56. The van der Waals surface area contributed by atoms with E-state index in [-0.39, 0.29) is 19.2 Å². The Kier molecular flexibility index (Phi) is 7.64. The first kappa shape index (κ1) is 19.7. The van der Waals surface area contributed by atoms with Gasteiger partial charge in [0.25, 0.3) is 0 Å². The molecule has 0 aliphatic heterocycles. The first-order chi connectivity index (χ1) is 12.0. The van der Waals surface area contributed by atoms with Gasteiger partial charge in [-0.25, -0.2) is 4.79 Å². The highest BCUT2D eigenvalue weighted by Gasteiger charge is 2.33. The molecule has 0 saturated heterocycles. The Balaban J connectivity index is 1.98. The second-order valence-electron chi connectivity index (χ2n) is 6.44. The van der Waals surface area contributed by atoms with Crippen molar-refractivity contribution < 1.29 is 30.0 Å². The Morgan fingerprint density at radius 2 is 1.76 bits per heavy atom. The number of aliphatic hydroxyl groups is 4. The lowest BCUT2D eigenvalue weighted by molar-refractivity contribution is -0.0853. The van der Waals surface area contributed by atoms with Crippen molar-refractivity contribution in [3.63, 3.8) is 0 Å². The molecule has 1 amide bonds. The van der Waals surface area contributed by atoms with Gasteiger partial charge >= 0.3 is 6.09 Å². The zero-order valence-corrected chi connectivity index (χ0v) is 14.2. The van der Waals surface area contributed by atoms with Crippen molar-refractivity contribution in [2.24, 2.45) is 0 Å². The van der Waals surface area contributed by atoms with Gasteiger partial charge in [0.15, 0.2) is 0 Å². The average molecular weight is 353 g/mol. The molecule has 1 aromatic carbocycles. The van der Waals surface area contributed by atoms with Gasteiger partial charge in [0.05, 0.1) is 13.2 Å². The molecule has 0 heterocycles. The number of rotatable bonds is 8. The molecule has 1 aliphatic rings. The SMILES string of the molecule is O=C(OCc1ccccc1)N(CC(O)C(O)C(O)CO)C1CCCC1. The van der Waals surface area contributed by atoms with Gasteiger partial charge in [0.1, 0.15) is 24.9 Å². The van der Waals surface area contributed by atoms with E-state index < -0.39 is 31.0 Å². The van der Waals surface area contributed by atoms with Crippen molar-refractivity contribution in [1.82, 2.24) is 4.90 Å². The van der Waals surface area contributed by atoms with E-state index in [9.17, 15) is 20.1 Å². The van der Waals surface area contributed by atoms with Crippen molar-refractivity contribution in [3.05, 3.63) is 35.9 Å². The van der Waals surface area contributed by atoms with E-state index in [0.717, 1.165) is 31.2 Å². The van der Waals surface area contributed by atoms with Crippen LogP contribution < -0.4 is 0 Å². The summed E-state index contributed by atoms with van der Waals surface area (Å²) >= 11 is 0. The van der Waals surface area contributed by atoms with E-state index >= 15 is 0 Å². The van der Waals surface area contributed by atoms with Gasteiger partial charge in [-0.3, -0.25) is 0 Å². The minimum atomic E-state index is -1.53. The lowest BCUT2D eigenvalue weighted by Gasteiger charge is -2.32. The van der Waals surface area contributed by atoms with Gasteiger partial charge in [-0.05, 0) is 18.4 Å². The van der Waals surface area contributed by atoms with Crippen LogP contribution in [0.2, 0.25) is 0 Å². The molecule has 0 spiro atoms. The Morgan fingerprint density at radius 1 is 1.12 bits per heavy atom.